The monoisotopic (exact) mass is 1610 g/mol. The number of benzene rings is 1. The molecular formula is C92H176N12O10. The van der Waals surface area contributed by atoms with Gasteiger partial charge in [-0.05, 0) is 262 Å². The average molecular weight is 1610 g/mol. The van der Waals surface area contributed by atoms with Crippen LogP contribution in [0.2, 0.25) is 0 Å². The summed E-state index contributed by atoms with van der Waals surface area (Å²) < 4.78 is 4.97. The fourth-order valence-corrected chi connectivity index (χ4v) is 16.9. The number of anilines is 1. The van der Waals surface area contributed by atoms with Crippen LogP contribution in [-0.2, 0) is 43.3 Å². The van der Waals surface area contributed by atoms with Crippen LogP contribution in [0, 0.1) is 23.2 Å². The van der Waals surface area contributed by atoms with E-state index in [2.05, 4.69) is 174 Å². The molecule has 12 aliphatic rings. The first kappa shape index (κ1) is 111. The number of allylic oxidation sites excluding steroid dienone is 2. The Balaban J connectivity index is 0. The van der Waals surface area contributed by atoms with E-state index >= 15 is 0 Å². The smallest absolute Gasteiger partial charge is 0.356 e. The Labute approximate surface area is 699 Å². The number of rotatable bonds is 13. The van der Waals surface area contributed by atoms with Crippen molar-refractivity contribution in [1.82, 2.24) is 34.3 Å². The highest BCUT2D eigenvalue weighted by molar-refractivity contribution is 6.39. The van der Waals surface area contributed by atoms with Crippen molar-refractivity contribution in [3.63, 3.8) is 0 Å². The lowest BCUT2D eigenvalue weighted by molar-refractivity contribution is -0.135. The normalized spacial score (nSPS) is 26.5. The number of ether oxygens (including phenoxy) is 1. The molecule has 11 aliphatic heterocycles. The molecule has 664 valence electrons. The van der Waals surface area contributed by atoms with Crippen LogP contribution >= 0.6 is 0 Å². The minimum absolute atomic E-state index is 0. The minimum Gasteiger partial charge on any atom is -0.477 e. The van der Waals surface area contributed by atoms with E-state index in [4.69, 9.17) is 29.2 Å². The molecule has 114 heavy (non-hydrogen) atoms. The molecule has 6 unspecified atom stereocenters. The molecular weight excluding hydrogens is 1430 g/mol. The van der Waals surface area contributed by atoms with Gasteiger partial charge in [0.05, 0.1) is 17.7 Å². The molecule has 2 amide bonds. The number of nitrogens with zero attached hydrogens (tertiary/aromatic N) is 12. The lowest BCUT2D eigenvalue weighted by Crippen LogP contribution is -2.51. The molecule has 5 spiro atoms. The highest BCUT2D eigenvalue weighted by Gasteiger charge is 2.51. The van der Waals surface area contributed by atoms with Gasteiger partial charge in [-0.25, -0.2) is 9.59 Å². The van der Waals surface area contributed by atoms with Crippen LogP contribution in [-0.4, -0.2) is 250 Å². The van der Waals surface area contributed by atoms with Crippen LogP contribution in [0.5, 0.6) is 0 Å². The largest absolute Gasteiger partial charge is 0.477 e. The highest BCUT2D eigenvalue weighted by atomic mass is 16.7. The molecule has 6 atom stereocenters. The van der Waals surface area contributed by atoms with Crippen molar-refractivity contribution in [1.29, 1.82) is 0 Å². The van der Waals surface area contributed by atoms with E-state index in [0.717, 1.165) is 160 Å². The molecule has 1 aromatic carbocycles. The summed E-state index contributed by atoms with van der Waals surface area (Å²) in [5.41, 5.74) is 4.06. The predicted molar refractivity (Wildman–Crippen MR) is 483 cm³/mol. The molecule has 1 aromatic rings. The SMILES string of the molecule is C.C.C.C.C.C.C.C.CC(C)C1=CCCCC1.CC(C)C1=NOC2(CCCN(C(C)C)C2)C1.CC(C)N1CCCC2(CC(C(=O)N(C)C)=NO2)C1.CC(C)N1CCCC2(CC(C(=O)O)=NO2)C1.CC(C)N1CCCC2(CCN(c3ccccc3)C2=O)C1.CC1CCN(C(C)C)C1.CCOC(=O)C1=NOC2(CCCN(C(C)C)C2)C1. The van der Waals surface area contributed by atoms with E-state index in [1.54, 1.807) is 31.5 Å². The summed E-state index contributed by atoms with van der Waals surface area (Å²) in [4.78, 5) is 87.9. The standard InChI is InChI=1S/C17H24N2O.C13H23N3O2.C13H22N2O3.C13H24N2O.C11H18N2O3.C9H16.C8H17N.8CH4/c1-14(2)18-11-6-9-17(13-18)10-12-19(16(17)20)15-7-4-3-5-8-15;1-10(2)16-7-5-6-13(9-16)8-11(14-18-13)12(17)15(3)4;1-4-17-12(16)11-8-13(18-14-11)6-5-7-15(9-13)10(2)3;1-10(2)12-8-13(16-14-12)6-5-7-15(9-13)11(3)4;1-8(2)13-5-3-4-11(7-13)6-9(10(14)15)12-16-11;1-8(2)9-6-4-3-5-7-9;1-7(2)9-5-4-8(3)6-9;;;;;;;;/h3-5,7-8,14H,6,9-13H2,1-2H3;10H,5-9H2,1-4H3;10H,4-9H2,1-3H3;10-11H,5-9H2,1-4H3;8H,3-7H2,1-2H3,(H,14,15);6,8H,3-5,7H2,1-2H3;7-8H,4-6H2,1-3H3;8*1H4. The number of piperidine rings is 5. The second kappa shape index (κ2) is 51.1. The minimum atomic E-state index is -0.960. The first-order chi connectivity index (χ1) is 50.2. The second-order valence-corrected chi connectivity index (χ2v) is 35.2. The van der Waals surface area contributed by atoms with E-state index in [1.807, 2.05) is 35.2 Å². The number of hydrogen-bond acceptors (Lipinski definition) is 19. The molecule has 22 nitrogen and oxygen atoms in total. The number of aliphatic carboxylic acids is 1. The number of oxime groups is 4. The number of likely N-dealkylation sites (tertiary alicyclic amines) is 6. The van der Waals surface area contributed by atoms with Crippen molar-refractivity contribution >= 4 is 52.3 Å². The maximum absolute atomic E-state index is 13.0. The number of carbonyl (C=O) groups is 4. The molecule has 11 heterocycles. The summed E-state index contributed by atoms with van der Waals surface area (Å²) in [6.45, 7) is 53.7. The van der Waals surface area contributed by atoms with E-state index in [-0.39, 0.29) is 105 Å². The van der Waals surface area contributed by atoms with Gasteiger partial charge >= 0.3 is 11.9 Å². The molecule has 0 aromatic heterocycles. The number of carbonyl (C=O) groups excluding carboxylic acids is 3. The molecule has 7 saturated heterocycles. The first-order valence-corrected chi connectivity index (χ1v) is 41.3. The maximum Gasteiger partial charge on any atom is 0.356 e. The van der Waals surface area contributed by atoms with Gasteiger partial charge in [0.2, 0.25) is 5.91 Å². The van der Waals surface area contributed by atoms with Gasteiger partial charge in [0.25, 0.3) is 5.91 Å². The zero-order valence-electron chi connectivity index (χ0n) is 69.7. The quantitative estimate of drug-likeness (QED) is 0.144. The molecule has 0 saturated carbocycles. The third-order valence-electron chi connectivity index (χ3n) is 23.8. The summed E-state index contributed by atoms with van der Waals surface area (Å²) in [6.07, 6.45) is 23.7. The molecule has 0 radical (unpaired) electrons. The summed E-state index contributed by atoms with van der Waals surface area (Å²) in [7, 11) is 3.49. The number of amides is 2. The van der Waals surface area contributed by atoms with Crippen molar-refractivity contribution < 1.29 is 48.4 Å². The Morgan fingerprint density at radius 3 is 1.25 bits per heavy atom. The van der Waals surface area contributed by atoms with Gasteiger partial charge in [0, 0.05) is 128 Å². The topological polar surface area (TPSA) is 210 Å². The third-order valence-corrected chi connectivity index (χ3v) is 23.8. The van der Waals surface area contributed by atoms with Gasteiger partial charge in [-0.3, -0.25) is 34.1 Å². The van der Waals surface area contributed by atoms with Gasteiger partial charge < -0.3 is 43.9 Å². The van der Waals surface area contributed by atoms with E-state index in [0.29, 0.717) is 79.3 Å². The van der Waals surface area contributed by atoms with E-state index < -0.39 is 5.97 Å². The van der Waals surface area contributed by atoms with Crippen molar-refractivity contribution in [3.05, 3.63) is 42.0 Å². The van der Waals surface area contributed by atoms with Crippen molar-refractivity contribution in [2.24, 2.45) is 43.8 Å². The van der Waals surface area contributed by atoms with Crippen molar-refractivity contribution in [2.75, 3.05) is 111 Å². The summed E-state index contributed by atoms with van der Waals surface area (Å²) in [6, 6.07) is 13.5. The average Bonchev–Trinajstić information content (AvgIpc) is 1.62. The van der Waals surface area contributed by atoms with Gasteiger partial charge in [-0.2, -0.15) is 0 Å². The number of carboxylic acids is 1. The zero-order valence-corrected chi connectivity index (χ0v) is 69.7. The predicted octanol–water partition coefficient (Wildman–Crippen LogP) is 19.3. The number of hydrogen-bond donors (Lipinski definition) is 1. The molecule has 1 aliphatic carbocycles. The van der Waals surface area contributed by atoms with Crippen molar-refractivity contribution in [2.45, 2.75) is 371 Å². The molecule has 13 rings (SSSR count). The van der Waals surface area contributed by atoms with Gasteiger partial charge in [-0.1, -0.05) is 145 Å². The number of esters is 1. The first-order valence-electron chi connectivity index (χ1n) is 41.3. The van der Waals surface area contributed by atoms with Gasteiger partial charge in [0.15, 0.2) is 33.8 Å². The van der Waals surface area contributed by atoms with E-state index in [9.17, 15) is 19.2 Å². The van der Waals surface area contributed by atoms with E-state index in [1.165, 1.54) is 63.9 Å². The summed E-state index contributed by atoms with van der Waals surface area (Å²) >= 11 is 0. The third kappa shape index (κ3) is 31.3. The van der Waals surface area contributed by atoms with Crippen LogP contribution in [0.25, 0.3) is 0 Å². The fourth-order valence-electron chi connectivity index (χ4n) is 16.9. The Morgan fingerprint density at radius 1 is 0.491 bits per heavy atom. The van der Waals surface area contributed by atoms with Gasteiger partial charge in [0.1, 0.15) is 5.71 Å². The lowest BCUT2D eigenvalue weighted by atomic mass is 9.78. The van der Waals surface area contributed by atoms with Crippen molar-refractivity contribution in [3.8, 4) is 0 Å². The Kier molecular flexibility index (Phi) is 49.5. The molecule has 7 fully saturated rings. The molecule has 0 bridgehead atoms. The summed E-state index contributed by atoms with van der Waals surface area (Å²) in [5.74, 6) is 1.27. The summed E-state index contributed by atoms with van der Waals surface area (Å²) in [5, 5.41) is 24.8. The van der Waals surface area contributed by atoms with Crippen LogP contribution in [0.15, 0.2) is 62.6 Å². The van der Waals surface area contributed by atoms with Crippen LogP contribution in [0.1, 0.15) is 312 Å². The Bertz CT molecular complexity index is 3120. The molecule has 1 N–H and O–H groups in total. The van der Waals surface area contributed by atoms with Crippen LogP contribution in [0.3, 0.4) is 0 Å². The highest BCUT2D eigenvalue weighted by Crippen LogP contribution is 2.43. The van der Waals surface area contributed by atoms with Crippen LogP contribution in [0.4, 0.5) is 5.69 Å². The fraction of sp³-hybridized carbons (Fsp3) is 0.826. The molecule has 22 heteroatoms. The maximum atomic E-state index is 13.0. The zero-order chi connectivity index (χ0) is 77.7. The second-order valence-electron chi connectivity index (χ2n) is 35.2. The van der Waals surface area contributed by atoms with Crippen LogP contribution < -0.4 is 4.90 Å². The lowest BCUT2D eigenvalue weighted by Gasteiger charge is -2.41. The number of para-hydroxylation sites is 1. The Hall–Kier alpha value is -5.52. The number of carboxylic acid groups (broad SMARTS) is 1. The Morgan fingerprint density at radius 2 is 0.895 bits per heavy atom. The van der Waals surface area contributed by atoms with Gasteiger partial charge in [-0.15, -0.1) is 0 Å².